The number of aliphatic hydroxyl groups is 1. The van der Waals surface area contributed by atoms with Crippen LogP contribution in [0.5, 0.6) is 0 Å². The molecule has 0 radical (unpaired) electrons. The molecule has 0 amide bonds. The third-order valence-corrected chi connectivity index (χ3v) is 3.94. The van der Waals surface area contributed by atoms with Crippen molar-refractivity contribution >= 4 is 0 Å². The Morgan fingerprint density at radius 2 is 2.06 bits per heavy atom. The molecule has 94 valence electrons. The fourth-order valence-corrected chi connectivity index (χ4v) is 3.28. The molecule has 2 rings (SSSR count). The Bertz CT molecular complexity index is 224. The molecule has 16 heavy (non-hydrogen) atoms. The fourth-order valence-electron chi connectivity index (χ4n) is 3.28. The molecule has 1 spiro atoms. The van der Waals surface area contributed by atoms with Gasteiger partial charge in [-0.1, -0.05) is 12.8 Å². The van der Waals surface area contributed by atoms with E-state index in [2.05, 4.69) is 11.9 Å². The van der Waals surface area contributed by atoms with E-state index in [9.17, 15) is 5.11 Å². The van der Waals surface area contributed by atoms with Crippen LogP contribution in [0.3, 0.4) is 0 Å². The Morgan fingerprint density at radius 1 is 1.38 bits per heavy atom. The minimum atomic E-state index is -0.244. The third kappa shape index (κ3) is 2.96. The summed E-state index contributed by atoms with van der Waals surface area (Å²) in [5.74, 6) is 0. The molecule has 0 aromatic rings. The molecule has 1 saturated heterocycles. The summed E-state index contributed by atoms with van der Waals surface area (Å²) in [6.07, 6.45) is 7.82. The van der Waals surface area contributed by atoms with Gasteiger partial charge in [0.1, 0.15) is 0 Å². The standard InChI is InChI=1S/C13H25NO2/c1-11(15)9-14(2)10-12-5-8-13(16-12)6-3-4-7-13/h11-12,15H,3-10H2,1-2H3. The first kappa shape index (κ1) is 12.3. The zero-order chi connectivity index (χ0) is 11.6. The Balaban J connectivity index is 1.76. The van der Waals surface area contributed by atoms with Gasteiger partial charge in [-0.15, -0.1) is 0 Å². The summed E-state index contributed by atoms with van der Waals surface area (Å²) in [4.78, 5) is 2.18. The van der Waals surface area contributed by atoms with Gasteiger partial charge < -0.3 is 14.7 Å². The highest BCUT2D eigenvalue weighted by Crippen LogP contribution is 2.43. The molecule has 1 saturated carbocycles. The molecule has 1 aliphatic carbocycles. The maximum atomic E-state index is 9.32. The molecule has 0 aromatic heterocycles. The van der Waals surface area contributed by atoms with E-state index in [0.717, 1.165) is 13.1 Å². The second-order valence-corrected chi connectivity index (χ2v) is 5.74. The van der Waals surface area contributed by atoms with Gasteiger partial charge in [0.05, 0.1) is 17.8 Å². The lowest BCUT2D eigenvalue weighted by molar-refractivity contribution is -0.0472. The molecular formula is C13H25NO2. The van der Waals surface area contributed by atoms with Crippen LogP contribution in [0.4, 0.5) is 0 Å². The molecule has 0 bridgehead atoms. The molecule has 2 unspecified atom stereocenters. The van der Waals surface area contributed by atoms with Crippen LogP contribution in [-0.4, -0.2) is 48.0 Å². The molecule has 0 aromatic carbocycles. The Hall–Kier alpha value is -0.120. The minimum Gasteiger partial charge on any atom is -0.392 e. The van der Waals surface area contributed by atoms with Gasteiger partial charge in [0.15, 0.2) is 0 Å². The Labute approximate surface area is 98.8 Å². The zero-order valence-corrected chi connectivity index (χ0v) is 10.6. The largest absolute Gasteiger partial charge is 0.392 e. The van der Waals surface area contributed by atoms with Crippen LogP contribution in [0.15, 0.2) is 0 Å². The van der Waals surface area contributed by atoms with E-state index in [-0.39, 0.29) is 11.7 Å². The van der Waals surface area contributed by atoms with Crippen LogP contribution in [0.25, 0.3) is 0 Å². The van der Waals surface area contributed by atoms with E-state index < -0.39 is 0 Å². The van der Waals surface area contributed by atoms with E-state index in [0.29, 0.717) is 6.10 Å². The summed E-state index contributed by atoms with van der Waals surface area (Å²) in [6.45, 7) is 3.55. The van der Waals surface area contributed by atoms with Gasteiger partial charge in [-0.05, 0) is 39.7 Å². The molecule has 2 atom stereocenters. The number of nitrogens with zero attached hydrogens (tertiary/aromatic N) is 1. The number of hydrogen-bond acceptors (Lipinski definition) is 3. The van der Waals surface area contributed by atoms with Crippen molar-refractivity contribution in [1.29, 1.82) is 0 Å². The lowest BCUT2D eigenvalue weighted by Gasteiger charge is -2.26. The monoisotopic (exact) mass is 227 g/mol. The van der Waals surface area contributed by atoms with Crippen LogP contribution < -0.4 is 0 Å². The summed E-state index contributed by atoms with van der Waals surface area (Å²) in [5.41, 5.74) is 0.246. The Kier molecular flexibility index (Phi) is 3.88. The van der Waals surface area contributed by atoms with Gasteiger partial charge in [0.2, 0.25) is 0 Å². The average molecular weight is 227 g/mol. The van der Waals surface area contributed by atoms with Crippen LogP contribution in [0.1, 0.15) is 45.4 Å². The van der Waals surface area contributed by atoms with Crippen molar-refractivity contribution in [2.75, 3.05) is 20.1 Å². The van der Waals surface area contributed by atoms with E-state index in [1.165, 1.54) is 38.5 Å². The normalized spacial score (nSPS) is 30.4. The molecule has 3 heteroatoms. The summed E-state index contributed by atoms with van der Waals surface area (Å²) in [5, 5.41) is 9.32. The molecule has 1 N–H and O–H groups in total. The van der Waals surface area contributed by atoms with Crippen molar-refractivity contribution in [3.05, 3.63) is 0 Å². The van der Waals surface area contributed by atoms with Gasteiger partial charge >= 0.3 is 0 Å². The zero-order valence-electron chi connectivity index (χ0n) is 10.6. The van der Waals surface area contributed by atoms with E-state index in [1.807, 2.05) is 6.92 Å². The second-order valence-electron chi connectivity index (χ2n) is 5.74. The average Bonchev–Trinajstić information content (AvgIpc) is 2.76. The number of ether oxygens (including phenoxy) is 1. The van der Waals surface area contributed by atoms with Crippen LogP contribution >= 0.6 is 0 Å². The van der Waals surface area contributed by atoms with Gasteiger partial charge in [-0.25, -0.2) is 0 Å². The first-order valence-corrected chi connectivity index (χ1v) is 6.64. The Morgan fingerprint density at radius 3 is 2.69 bits per heavy atom. The van der Waals surface area contributed by atoms with Crippen molar-refractivity contribution in [1.82, 2.24) is 4.90 Å². The van der Waals surface area contributed by atoms with Gasteiger partial charge in [-0.2, -0.15) is 0 Å². The summed E-state index contributed by atoms with van der Waals surface area (Å²) in [6, 6.07) is 0. The predicted molar refractivity (Wildman–Crippen MR) is 64.5 cm³/mol. The second kappa shape index (κ2) is 5.03. The summed E-state index contributed by atoms with van der Waals surface area (Å²) >= 11 is 0. The number of aliphatic hydroxyl groups excluding tert-OH is 1. The van der Waals surface area contributed by atoms with Crippen molar-refractivity contribution < 1.29 is 9.84 Å². The van der Waals surface area contributed by atoms with Crippen LogP contribution in [0, 0.1) is 0 Å². The van der Waals surface area contributed by atoms with Crippen molar-refractivity contribution in [2.45, 2.75) is 63.3 Å². The number of rotatable bonds is 4. The quantitative estimate of drug-likeness (QED) is 0.795. The van der Waals surface area contributed by atoms with E-state index in [1.54, 1.807) is 0 Å². The van der Waals surface area contributed by atoms with Crippen molar-refractivity contribution in [3.8, 4) is 0 Å². The summed E-state index contributed by atoms with van der Waals surface area (Å²) < 4.78 is 6.24. The molecule has 3 nitrogen and oxygen atoms in total. The maximum Gasteiger partial charge on any atom is 0.0710 e. The molecule has 2 fully saturated rings. The predicted octanol–water partition coefficient (Wildman–Crippen LogP) is 1.79. The van der Waals surface area contributed by atoms with Gasteiger partial charge in [0.25, 0.3) is 0 Å². The fraction of sp³-hybridized carbons (Fsp3) is 1.00. The molecule has 1 heterocycles. The molecular weight excluding hydrogens is 202 g/mol. The highest BCUT2D eigenvalue weighted by Gasteiger charge is 2.42. The van der Waals surface area contributed by atoms with Crippen LogP contribution in [-0.2, 0) is 4.74 Å². The highest BCUT2D eigenvalue weighted by molar-refractivity contribution is 4.93. The van der Waals surface area contributed by atoms with E-state index in [4.69, 9.17) is 4.74 Å². The topological polar surface area (TPSA) is 32.7 Å². The number of hydrogen-bond donors (Lipinski definition) is 1. The summed E-state index contributed by atoms with van der Waals surface area (Å²) in [7, 11) is 2.07. The lowest BCUT2D eigenvalue weighted by atomic mass is 9.98. The maximum absolute atomic E-state index is 9.32. The minimum absolute atomic E-state index is 0.244. The van der Waals surface area contributed by atoms with Crippen molar-refractivity contribution in [3.63, 3.8) is 0 Å². The highest BCUT2D eigenvalue weighted by atomic mass is 16.5. The van der Waals surface area contributed by atoms with E-state index >= 15 is 0 Å². The SMILES string of the molecule is CC(O)CN(C)CC1CCC2(CCCC2)O1. The van der Waals surface area contributed by atoms with Gasteiger partial charge in [0, 0.05) is 13.1 Å². The first-order valence-electron chi connectivity index (χ1n) is 6.64. The lowest BCUT2D eigenvalue weighted by Crippen LogP contribution is -2.35. The van der Waals surface area contributed by atoms with Gasteiger partial charge in [-0.3, -0.25) is 0 Å². The molecule has 2 aliphatic rings. The first-order chi connectivity index (χ1) is 7.60. The smallest absolute Gasteiger partial charge is 0.0710 e. The molecule has 1 aliphatic heterocycles. The van der Waals surface area contributed by atoms with Crippen LogP contribution in [0.2, 0.25) is 0 Å². The number of likely N-dealkylation sites (N-methyl/N-ethyl adjacent to an activating group) is 1. The van der Waals surface area contributed by atoms with Crippen molar-refractivity contribution in [2.24, 2.45) is 0 Å². The third-order valence-electron chi connectivity index (χ3n) is 3.94.